The molecule has 0 bridgehead atoms. The number of aromatic amines is 1. The number of nitrogens with zero attached hydrogens (tertiary/aromatic N) is 1. The molecule has 0 atom stereocenters. The van der Waals surface area contributed by atoms with Crippen LogP contribution in [0.15, 0.2) is 30.3 Å². The first kappa shape index (κ1) is 17.9. The lowest BCUT2D eigenvalue weighted by atomic mass is 10.1. The van der Waals surface area contributed by atoms with Crippen molar-refractivity contribution in [3.63, 3.8) is 0 Å². The van der Waals surface area contributed by atoms with Crippen LogP contribution in [0.2, 0.25) is 0 Å². The lowest BCUT2D eigenvalue weighted by Crippen LogP contribution is -2.40. The van der Waals surface area contributed by atoms with Crippen LogP contribution >= 0.6 is 11.3 Å². The van der Waals surface area contributed by atoms with Crippen molar-refractivity contribution in [1.29, 1.82) is 0 Å². The van der Waals surface area contributed by atoms with Gasteiger partial charge in [0.05, 0.1) is 22.9 Å². The summed E-state index contributed by atoms with van der Waals surface area (Å²) >= 11 is 1.29. The van der Waals surface area contributed by atoms with Crippen LogP contribution in [-0.2, 0) is 0 Å². The van der Waals surface area contributed by atoms with E-state index in [-0.39, 0.29) is 17.4 Å². The molecule has 0 unspecified atom stereocenters. The fourth-order valence-electron chi connectivity index (χ4n) is 2.43. The average Bonchev–Trinajstić information content (AvgIpc) is 3.15. The Labute approximate surface area is 154 Å². The molecule has 0 aliphatic heterocycles. The number of carbonyl (C=O) groups is 2. The fraction of sp³-hybridized carbons (Fsp3) is 0.278. The van der Waals surface area contributed by atoms with Crippen molar-refractivity contribution in [2.45, 2.75) is 26.3 Å². The van der Waals surface area contributed by atoms with E-state index in [1.54, 1.807) is 30.3 Å². The van der Waals surface area contributed by atoms with Gasteiger partial charge in [0.2, 0.25) is 0 Å². The number of rotatable bonds is 4. The number of carbonyl (C=O) groups excluding carboxylic acids is 2. The maximum absolute atomic E-state index is 12.5. The van der Waals surface area contributed by atoms with Crippen LogP contribution in [0.1, 0.15) is 40.8 Å². The highest BCUT2D eigenvalue weighted by atomic mass is 32.1. The normalized spacial score (nSPS) is 11.4. The highest BCUT2D eigenvalue weighted by Crippen LogP contribution is 2.30. The van der Waals surface area contributed by atoms with Crippen molar-refractivity contribution in [3.05, 3.63) is 40.8 Å². The summed E-state index contributed by atoms with van der Waals surface area (Å²) < 4.78 is 5.22. The van der Waals surface area contributed by atoms with E-state index in [4.69, 9.17) is 4.74 Å². The quantitative estimate of drug-likeness (QED) is 0.654. The number of aromatic nitrogens is 2. The lowest BCUT2D eigenvalue weighted by molar-refractivity contribution is 0.0923. The number of ether oxygens (including phenoxy) is 1. The summed E-state index contributed by atoms with van der Waals surface area (Å²) in [6.07, 6.45) is 0. The summed E-state index contributed by atoms with van der Waals surface area (Å²) in [6, 6.07) is 8.67. The van der Waals surface area contributed by atoms with Crippen LogP contribution in [0, 0.1) is 0 Å². The van der Waals surface area contributed by atoms with Crippen molar-refractivity contribution >= 4 is 39.2 Å². The maximum atomic E-state index is 12.5. The molecule has 0 fully saturated rings. The molecule has 3 N–H and O–H groups in total. The minimum Gasteiger partial charge on any atom is -0.496 e. The molecule has 0 saturated heterocycles. The molecule has 3 rings (SSSR count). The third kappa shape index (κ3) is 3.70. The molecule has 2 aromatic heterocycles. The number of methoxy groups -OCH3 is 1. The molecule has 7 nitrogen and oxygen atoms in total. The molecule has 0 aliphatic carbocycles. The van der Waals surface area contributed by atoms with Crippen molar-refractivity contribution in [1.82, 2.24) is 15.5 Å². The van der Waals surface area contributed by atoms with Crippen LogP contribution < -0.4 is 15.4 Å². The van der Waals surface area contributed by atoms with Crippen molar-refractivity contribution in [2.75, 3.05) is 12.4 Å². The summed E-state index contributed by atoms with van der Waals surface area (Å²) in [5.41, 5.74) is 0.0839. The molecule has 0 saturated carbocycles. The molecule has 0 radical (unpaired) electrons. The van der Waals surface area contributed by atoms with Crippen LogP contribution in [0.4, 0.5) is 5.82 Å². The Morgan fingerprint density at radius 2 is 1.92 bits per heavy atom. The van der Waals surface area contributed by atoms with Gasteiger partial charge in [-0.2, -0.15) is 5.10 Å². The van der Waals surface area contributed by atoms with E-state index in [0.717, 1.165) is 4.83 Å². The minimum absolute atomic E-state index is 0.158. The molecule has 3 aromatic rings. The Balaban J connectivity index is 1.85. The molecule has 136 valence electrons. The maximum Gasteiger partial charge on any atom is 0.261 e. The van der Waals surface area contributed by atoms with E-state index in [1.165, 1.54) is 18.4 Å². The average molecular weight is 372 g/mol. The number of thiophene rings is 1. The van der Waals surface area contributed by atoms with E-state index in [2.05, 4.69) is 20.8 Å². The SMILES string of the molecule is COc1ccccc1C(=O)Nc1n[nH]c2sc(C(=O)NC(C)(C)C)cc12. The zero-order chi connectivity index (χ0) is 18.9. The summed E-state index contributed by atoms with van der Waals surface area (Å²) in [7, 11) is 1.51. The number of H-pyrrole nitrogens is 1. The Bertz CT molecular complexity index is 968. The number of hydrogen-bond donors (Lipinski definition) is 3. The number of benzene rings is 1. The number of amides is 2. The van der Waals surface area contributed by atoms with Gasteiger partial charge in [-0.25, -0.2) is 0 Å². The zero-order valence-electron chi connectivity index (χ0n) is 15.0. The standard InChI is InChI=1S/C18H20N4O3S/c1-18(2,3)20-16(24)13-9-11-14(21-22-17(11)26-13)19-15(23)10-7-5-6-8-12(10)25-4/h5-9H,1-4H3,(H,20,24)(H2,19,21,22,23). The van der Waals surface area contributed by atoms with Gasteiger partial charge in [0, 0.05) is 5.54 Å². The Kier molecular flexibility index (Phi) is 4.69. The van der Waals surface area contributed by atoms with Crippen LogP contribution in [0.25, 0.3) is 10.2 Å². The van der Waals surface area contributed by atoms with Gasteiger partial charge in [-0.05, 0) is 39.0 Å². The molecule has 1 aromatic carbocycles. The van der Waals surface area contributed by atoms with Gasteiger partial charge >= 0.3 is 0 Å². The summed E-state index contributed by atoms with van der Waals surface area (Å²) in [4.78, 5) is 26.1. The molecule has 0 aliphatic rings. The van der Waals surface area contributed by atoms with Gasteiger partial charge in [-0.3, -0.25) is 14.7 Å². The second-order valence-corrected chi connectivity index (χ2v) is 7.84. The monoisotopic (exact) mass is 372 g/mol. The molecular weight excluding hydrogens is 352 g/mol. The van der Waals surface area contributed by atoms with Gasteiger partial charge in [0.15, 0.2) is 5.82 Å². The summed E-state index contributed by atoms with van der Waals surface area (Å²) in [6.45, 7) is 5.76. The molecule has 26 heavy (non-hydrogen) atoms. The molecular formula is C18H20N4O3S. The van der Waals surface area contributed by atoms with Crippen molar-refractivity contribution < 1.29 is 14.3 Å². The number of para-hydroxylation sites is 1. The van der Waals surface area contributed by atoms with Gasteiger partial charge < -0.3 is 15.4 Å². The van der Waals surface area contributed by atoms with E-state index < -0.39 is 0 Å². The van der Waals surface area contributed by atoms with Crippen LogP contribution in [-0.4, -0.2) is 34.7 Å². The van der Waals surface area contributed by atoms with E-state index >= 15 is 0 Å². The smallest absolute Gasteiger partial charge is 0.261 e. The largest absolute Gasteiger partial charge is 0.496 e. The second kappa shape index (κ2) is 6.80. The Morgan fingerprint density at radius 1 is 1.19 bits per heavy atom. The molecule has 8 heteroatoms. The predicted octanol–water partition coefficient (Wildman–Crippen LogP) is 3.41. The molecule has 0 spiro atoms. The summed E-state index contributed by atoms with van der Waals surface area (Å²) in [5.74, 6) is 0.367. The van der Waals surface area contributed by atoms with Gasteiger partial charge in [-0.15, -0.1) is 11.3 Å². The Hall–Kier alpha value is -2.87. The first-order chi connectivity index (χ1) is 12.3. The van der Waals surface area contributed by atoms with Gasteiger partial charge in [-0.1, -0.05) is 12.1 Å². The molecule has 2 amide bonds. The van der Waals surface area contributed by atoms with E-state index in [1.807, 2.05) is 20.8 Å². The second-order valence-electron chi connectivity index (χ2n) is 6.78. The first-order valence-electron chi connectivity index (χ1n) is 8.03. The van der Waals surface area contributed by atoms with Crippen molar-refractivity contribution in [3.8, 4) is 5.75 Å². The van der Waals surface area contributed by atoms with Gasteiger partial charge in [0.1, 0.15) is 10.6 Å². The topological polar surface area (TPSA) is 96.1 Å². The molecule has 2 heterocycles. The zero-order valence-corrected chi connectivity index (χ0v) is 15.8. The van der Waals surface area contributed by atoms with E-state index in [9.17, 15) is 9.59 Å². The third-order valence-electron chi connectivity index (χ3n) is 3.55. The first-order valence-corrected chi connectivity index (χ1v) is 8.85. The van der Waals surface area contributed by atoms with Gasteiger partial charge in [0.25, 0.3) is 11.8 Å². The third-order valence-corrected chi connectivity index (χ3v) is 4.59. The van der Waals surface area contributed by atoms with Crippen molar-refractivity contribution in [2.24, 2.45) is 0 Å². The number of hydrogen-bond acceptors (Lipinski definition) is 5. The van der Waals surface area contributed by atoms with E-state index in [0.29, 0.717) is 27.4 Å². The lowest BCUT2D eigenvalue weighted by Gasteiger charge is -2.19. The predicted molar refractivity (Wildman–Crippen MR) is 102 cm³/mol. The van der Waals surface area contributed by atoms with Crippen LogP contribution in [0.5, 0.6) is 5.75 Å². The summed E-state index contributed by atoms with van der Waals surface area (Å²) in [5, 5.41) is 13.4. The minimum atomic E-state index is -0.331. The fourth-order valence-corrected chi connectivity index (χ4v) is 3.33. The highest BCUT2D eigenvalue weighted by Gasteiger charge is 2.21. The number of anilines is 1. The highest BCUT2D eigenvalue weighted by molar-refractivity contribution is 7.20. The Morgan fingerprint density at radius 3 is 2.62 bits per heavy atom. The number of fused-ring (bicyclic) bond motifs is 1. The number of nitrogens with one attached hydrogen (secondary N) is 3. The van der Waals surface area contributed by atoms with Crippen LogP contribution in [0.3, 0.4) is 0 Å².